The Balaban J connectivity index is 2.27. The third kappa shape index (κ3) is 1.49. The lowest BCUT2D eigenvalue weighted by atomic mass is 9.88. The lowest BCUT2D eigenvalue weighted by Gasteiger charge is -2.17. The van der Waals surface area contributed by atoms with Crippen molar-refractivity contribution in [2.45, 2.75) is 20.0 Å². The van der Waals surface area contributed by atoms with E-state index in [9.17, 15) is 9.59 Å². The van der Waals surface area contributed by atoms with Gasteiger partial charge in [-0.25, -0.2) is 0 Å². The molecule has 0 fully saturated rings. The highest BCUT2D eigenvalue weighted by Gasteiger charge is 2.29. The Kier molecular flexibility index (Phi) is 2.52. The zero-order chi connectivity index (χ0) is 12.7. The molecule has 92 valence electrons. The molecule has 0 spiro atoms. The van der Waals surface area contributed by atoms with Crippen LogP contribution in [0.3, 0.4) is 0 Å². The van der Waals surface area contributed by atoms with Gasteiger partial charge in [0.15, 0.2) is 11.6 Å². The van der Waals surface area contributed by atoms with Gasteiger partial charge in [-0.05, 0) is 30.7 Å². The molecule has 2 aliphatic rings. The van der Waals surface area contributed by atoms with Crippen LogP contribution in [0.1, 0.15) is 38.8 Å². The van der Waals surface area contributed by atoms with Crippen molar-refractivity contribution >= 4 is 11.6 Å². The van der Waals surface area contributed by atoms with E-state index in [-0.39, 0.29) is 11.6 Å². The van der Waals surface area contributed by atoms with Gasteiger partial charge in [0.05, 0.1) is 6.61 Å². The van der Waals surface area contributed by atoms with Crippen molar-refractivity contribution in [3.05, 3.63) is 40.5 Å². The number of fused-ring (bicyclic) bond motifs is 3. The van der Waals surface area contributed by atoms with E-state index in [2.05, 4.69) is 5.32 Å². The van der Waals surface area contributed by atoms with Gasteiger partial charge in [-0.1, -0.05) is 0 Å². The second kappa shape index (κ2) is 4.07. The molecule has 0 atom stereocenters. The Bertz CT molecular complexity index is 587. The van der Waals surface area contributed by atoms with Crippen molar-refractivity contribution < 1.29 is 14.3 Å². The first-order chi connectivity index (χ1) is 8.72. The molecular formula is C14H13NO3. The van der Waals surface area contributed by atoms with Crippen molar-refractivity contribution in [2.24, 2.45) is 0 Å². The Morgan fingerprint density at radius 3 is 2.67 bits per heavy atom. The average Bonchev–Trinajstić information content (AvgIpc) is 2.83. The number of benzene rings is 1. The summed E-state index contributed by atoms with van der Waals surface area (Å²) >= 11 is 0. The van der Waals surface area contributed by atoms with E-state index in [0.29, 0.717) is 36.6 Å². The fraction of sp³-hybridized carbons (Fsp3) is 0.286. The molecule has 1 aliphatic carbocycles. The zero-order valence-corrected chi connectivity index (χ0v) is 10.1. The summed E-state index contributed by atoms with van der Waals surface area (Å²) in [6.07, 6.45) is 2.68. The Labute approximate surface area is 105 Å². The number of carbonyl (C=O) groups is 2. The molecule has 0 aromatic heterocycles. The normalized spacial score (nSPS) is 16.7. The molecule has 0 unspecified atom stereocenters. The molecule has 0 saturated carbocycles. The number of rotatable bonds is 2. The van der Waals surface area contributed by atoms with Crippen LogP contribution in [0, 0.1) is 0 Å². The summed E-state index contributed by atoms with van der Waals surface area (Å²) in [5, 5.41) is 3.20. The van der Waals surface area contributed by atoms with Crippen LogP contribution in [0.2, 0.25) is 0 Å². The van der Waals surface area contributed by atoms with Crippen molar-refractivity contribution in [1.29, 1.82) is 0 Å². The largest absolute Gasteiger partial charge is 0.494 e. The Morgan fingerprint density at radius 2 is 1.89 bits per heavy atom. The van der Waals surface area contributed by atoms with Crippen LogP contribution in [0.25, 0.3) is 0 Å². The molecule has 0 radical (unpaired) electrons. The standard InChI is InChI=1S/C14H13NO3/c1-2-18-13-5-8-11(16)3-4-12(17)14(8)10-7-15-6-9(10)13/h3-5,15H,2,6-7H2,1H3. The molecule has 1 aliphatic heterocycles. The second-order valence-electron chi connectivity index (χ2n) is 4.35. The number of nitrogens with one attached hydrogen (secondary N) is 1. The van der Waals surface area contributed by atoms with E-state index in [4.69, 9.17) is 4.74 Å². The number of hydrogen-bond acceptors (Lipinski definition) is 4. The van der Waals surface area contributed by atoms with E-state index < -0.39 is 0 Å². The summed E-state index contributed by atoms with van der Waals surface area (Å²) in [5.74, 6) is 0.501. The molecule has 4 heteroatoms. The minimum absolute atomic E-state index is 0.0902. The van der Waals surface area contributed by atoms with Crippen molar-refractivity contribution in [3.8, 4) is 5.75 Å². The number of ketones is 2. The van der Waals surface area contributed by atoms with Crippen molar-refractivity contribution in [2.75, 3.05) is 6.61 Å². The monoisotopic (exact) mass is 243 g/mol. The maximum atomic E-state index is 12.0. The first-order valence-corrected chi connectivity index (χ1v) is 6.01. The third-order valence-electron chi connectivity index (χ3n) is 3.31. The Hall–Kier alpha value is -1.94. The summed E-state index contributed by atoms with van der Waals surface area (Å²) < 4.78 is 5.57. The maximum absolute atomic E-state index is 12.0. The zero-order valence-electron chi connectivity index (χ0n) is 10.1. The first-order valence-electron chi connectivity index (χ1n) is 6.01. The van der Waals surface area contributed by atoms with Gasteiger partial charge < -0.3 is 10.1 Å². The third-order valence-corrected chi connectivity index (χ3v) is 3.31. The minimum atomic E-state index is -0.125. The van der Waals surface area contributed by atoms with E-state index in [1.807, 2.05) is 6.92 Å². The quantitative estimate of drug-likeness (QED) is 0.857. The van der Waals surface area contributed by atoms with Crippen LogP contribution in [-0.2, 0) is 13.1 Å². The number of allylic oxidation sites excluding steroid dienone is 2. The topological polar surface area (TPSA) is 55.4 Å². The van der Waals surface area contributed by atoms with Crippen LogP contribution < -0.4 is 10.1 Å². The molecular weight excluding hydrogens is 230 g/mol. The molecule has 0 bridgehead atoms. The van der Waals surface area contributed by atoms with E-state index >= 15 is 0 Å². The number of carbonyl (C=O) groups excluding carboxylic acids is 2. The number of ether oxygens (including phenoxy) is 1. The SMILES string of the molecule is CCOc1cc2c(c3c1CNC3)C(=O)C=CC2=O. The van der Waals surface area contributed by atoms with E-state index in [0.717, 1.165) is 11.1 Å². The van der Waals surface area contributed by atoms with Crippen LogP contribution in [0.5, 0.6) is 5.75 Å². The smallest absolute Gasteiger partial charge is 0.187 e. The highest BCUT2D eigenvalue weighted by molar-refractivity contribution is 6.23. The molecule has 0 amide bonds. The molecule has 1 N–H and O–H groups in total. The average molecular weight is 243 g/mol. The summed E-state index contributed by atoms with van der Waals surface area (Å²) in [6, 6.07) is 1.70. The fourth-order valence-corrected chi connectivity index (χ4v) is 2.54. The predicted molar refractivity (Wildman–Crippen MR) is 66.0 cm³/mol. The number of hydrogen-bond donors (Lipinski definition) is 1. The summed E-state index contributed by atoms with van der Waals surface area (Å²) in [4.78, 5) is 23.8. The van der Waals surface area contributed by atoms with Gasteiger partial charge in [-0.2, -0.15) is 0 Å². The molecule has 1 aromatic carbocycles. The lowest BCUT2D eigenvalue weighted by molar-refractivity contribution is 0.0993. The fourth-order valence-electron chi connectivity index (χ4n) is 2.54. The summed E-state index contributed by atoms with van der Waals surface area (Å²) in [7, 11) is 0. The van der Waals surface area contributed by atoms with E-state index in [1.54, 1.807) is 6.07 Å². The van der Waals surface area contributed by atoms with Crippen LogP contribution in [-0.4, -0.2) is 18.2 Å². The summed E-state index contributed by atoms with van der Waals surface area (Å²) in [6.45, 7) is 3.75. The van der Waals surface area contributed by atoms with Gasteiger partial charge in [0.25, 0.3) is 0 Å². The lowest BCUT2D eigenvalue weighted by Crippen LogP contribution is -2.15. The van der Waals surface area contributed by atoms with Gasteiger partial charge in [0.1, 0.15) is 5.75 Å². The van der Waals surface area contributed by atoms with Crippen molar-refractivity contribution in [3.63, 3.8) is 0 Å². The minimum Gasteiger partial charge on any atom is -0.494 e. The predicted octanol–water partition coefficient (Wildman–Crippen LogP) is 1.62. The molecule has 18 heavy (non-hydrogen) atoms. The van der Waals surface area contributed by atoms with Gasteiger partial charge in [0, 0.05) is 29.8 Å². The maximum Gasteiger partial charge on any atom is 0.187 e. The molecule has 3 rings (SSSR count). The van der Waals surface area contributed by atoms with Gasteiger partial charge in [0.2, 0.25) is 0 Å². The first kappa shape index (κ1) is 11.2. The van der Waals surface area contributed by atoms with Crippen LogP contribution >= 0.6 is 0 Å². The van der Waals surface area contributed by atoms with Crippen LogP contribution in [0.15, 0.2) is 18.2 Å². The highest BCUT2D eigenvalue weighted by Crippen LogP contribution is 2.34. The summed E-state index contributed by atoms with van der Waals surface area (Å²) in [5.41, 5.74) is 2.94. The molecule has 4 nitrogen and oxygen atoms in total. The Morgan fingerprint density at radius 1 is 1.17 bits per heavy atom. The molecule has 0 saturated heterocycles. The molecule has 1 aromatic rings. The van der Waals surface area contributed by atoms with Gasteiger partial charge in [-0.3, -0.25) is 9.59 Å². The van der Waals surface area contributed by atoms with Crippen LogP contribution in [0.4, 0.5) is 0 Å². The highest BCUT2D eigenvalue weighted by atomic mass is 16.5. The van der Waals surface area contributed by atoms with Gasteiger partial charge >= 0.3 is 0 Å². The molecule has 1 heterocycles. The van der Waals surface area contributed by atoms with Crippen molar-refractivity contribution in [1.82, 2.24) is 5.32 Å². The second-order valence-corrected chi connectivity index (χ2v) is 4.35. The van der Waals surface area contributed by atoms with E-state index in [1.165, 1.54) is 12.2 Å². The van der Waals surface area contributed by atoms with Gasteiger partial charge in [-0.15, -0.1) is 0 Å².